The molecule has 6 nitrogen and oxygen atoms in total. The summed E-state index contributed by atoms with van der Waals surface area (Å²) >= 11 is 5.86. The molecule has 7 heteroatoms. The van der Waals surface area contributed by atoms with E-state index in [1.807, 2.05) is 0 Å². The minimum Gasteiger partial charge on any atom is -0.487 e. The SMILES string of the molecule is CC(=O)c1cc(Cl)ccc1OCc1cc(=O)n(C)c(=O)n1C. The van der Waals surface area contributed by atoms with E-state index < -0.39 is 11.2 Å². The van der Waals surface area contributed by atoms with Crippen molar-refractivity contribution in [1.82, 2.24) is 9.13 Å². The van der Waals surface area contributed by atoms with E-state index in [1.165, 1.54) is 30.7 Å². The van der Waals surface area contributed by atoms with Gasteiger partial charge in [-0.15, -0.1) is 0 Å². The second-order valence-corrected chi connectivity index (χ2v) is 5.30. The second-order valence-electron chi connectivity index (χ2n) is 4.86. The average molecular weight is 323 g/mol. The van der Waals surface area contributed by atoms with E-state index in [4.69, 9.17) is 16.3 Å². The molecule has 22 heavy (non-hydrogen) atoms. The molecular weight excluding hydrogens is 308 g/mol. The van der Waals surface area contributed by atoms with Crippen molar-refractivity contribution in [3.63, 3.8) is 0 Å². The lowest BCUT2D eigenvalue weighted by Gasteiger charge is -2.13. The van der Waals surface area contributed by atoms with Crippen LogP contribution >= 0.6 is 11.6 Å². The summed E-state index contributed by atoms with van der Waals surface area (Å²) in [5.41, 5.74) is -0.0857. The van der Waals surface area contributed by atoms with Gasteiger partial charge in [-0.05, 0) is 25.1 Å². The Morgan fingerprint density at radius 3 is 2.50 bits per heavy atom. The summed E-state index contributed by atoms with van der Waals surface area (Å²) in [6.07, 6.45) is 0. The van der Waals surface area contributed by atoms with Gasteiger partial charge in [0, 0.05) is 25.2 Å². The van der Waals surface area contributed by atoms with Crippen LogP contribution in [0.3, 0.4) is 0 Å². The van der Waals surface area contributed by atoms with Crippen molar-refractivity contribution in [1.29, 1.82) is 0 Å². The molecule has 1 heterocycles. The first-order valence-electron chi connectivity index (χ1n) is 6.50. The van der Waals surface area contributed by atoms with Crippen molar-refractivity contribution >= 4 is 17.4 Å². The summed E-state index contributed by atoms with van der Waals surface area (Å²) in [5, 5.41) is 0.429. The number of nitrogens with zero attached hydrogens (tertiary/aromatic N) is 2. The molecule has 0 spiro atoms. The van der Waals surface area contributed by atoms with Crippen LogP contribution in [-0.2, 0) is 20.7 Å². The fraction of sp³-hybridized carbons (Fsp3) is 0.267. The first-order chi connectivity index (χ1) is 10.3. The predicted octanol–water partition coefficient (Wildman–Crippen LogP) is 1.52. The van der Waals surface area contributed by atoms with Gasteiger partial charge in [0.25, 0.3) is 5.56 Å². The number of Topliss-reactive ketones (excluding diaryl/α,β-unsaturated/α-hetero) is 1. The minimum absolute atomic E-state index is 0.0102. The predicted molar refractivity (Wildman–Crippen MR) is 82.7 cm³/mol. The Morgan fingerprint density at radius 2 is 1.86 bits per heavy atom. The molecule has 0 N–H and O–H groups in total. The third-order valence-electron chi connectivity index (χ3n) is 3.32. The number of hydrogen-bond acceptors (Lipinski definition) is 4. The normalized spacial score (nSPS) is 10.5. The molecule has 1 aromatic carbocycles. The van der Waals surface area contributed by atoms with Gasteiger partial charge in [0.1, 0.15) is 12.4 Å². The van der Waals surface area contributed by atoms with Crippen LogP contribution in [-0.4, -0.2) is 14.9 Å². The smallest absolute Gasteiger partial charge is 0.330 e. The van der Waals surface area contributed by atoms with Gasteiger partial charge in [0.2, 0.25) is 0 Å². The Labute approximate surface area is 131 Å². The molecule has 116 valence electrons. The number of hydrogen-bond donors (Lipinski definition) is 0. The van der Waals surface area contributed by atoms with E-state index in [9.17, 15) is 14.4 Å². The number of aromatic nitrogens is 2. The lowest BCUT2D eigenvalue weighted by Crippen LogP contribution is -2.38. The number of carbonyl (C=O) groups excluding carboxylic acids is 1. The highest BCUT2D eigenvalue weighted by molar-refractivity contribution is 6.31. The molecule has 0 bridgehead atoms. The van der Waals surface area contributed by atoms with Crippen LogP contribution in [0.5, 0.6) is 5.75 Å². The highest BCUT2D eigenvalue weighted by Crippen LogP contribution is 2.24. The molecular formula is C15H15ClN2O4. The van der Waals surface area contributed by atoms with Gasteiger partial charge >= 0.3 is 5.69 Å². The third kappa shape index (κ3) is 3.12. The monoisotopic (exact) mass is 322 g/mol. The van der Waals surface area contributed by atoms with Gasteiger partial charge in [-0.3, -0.25) is 18.7 Å². The maximum absolute atomic E-state index is 11.8. The molecule has 0 atom stereocenters. The maximum atomic E-state index is 11.8. The summed E-state index contributed by atoms with van der Waals surface area (Å²) in [5.74, 6) is 0.167. The number of halogens is 1. The zero-order valence-electron chi connectivity index (χ0n) is 12.4. The molecule has 1 aromatic heterocycles. The Hall–Kier alpha value is -2.34. The molecule has 0 amide bonds. The molecule has 0 saturated heterocycles. The molecule has 0 radical (unpaired) electrons. The maximum Gasteiger partial charge on any atom is 0.330 e. The Kier molecular flexibility index (Phi) is 4.51. The van der Waals surface area contributed by atoms with Crippen LogP contribution in [0.4, 0.5) is 0 Å². The summed E-state index contributed by atoms with van der Waals surface area (Å²) in [4.78, 5) is 35.1. The number of benzene rings is 1. The zero-order valence-corrected chi connectivity index (χ0v) is 13.2. The Morgan fingerprint density at radius 1 is 1.18 bits per heavy atom. The fourth-order valence-corrected chi connectivity index (χ4v) is 2.14. The lowest BCUT2D eigenvalue weighted by molar-refractivity contribution is 0.101. The highest BCUT2D eigenvalue weighted by Gasteiger charge is 2.11. The largest absolute Gasteiger partial charge is 0.487 e. The number of ether oxygens (including phenoxy) is 1. The van der Waals surface area contributed by atoms with E-state index >= 15 is 0 Å². The van der Waals surface area contributed by atoms with Crippen LogP contribution in [0, 0.1) is 0 Å². The molecule has 0 aliphatic heterocycles. The molecule has 0 aliphatic carbocycles. The first kappa shape index (κ1) is 16.0. The van der Waals surface area contributed by atoms with Gasteiger partial charge in [0.05, 0.1) is 11.3 Å². The van der Waals surface area contributed by atoms with E-state index in [2.05, 4.69) is 0 Å². The number of rotatable bonds is 4. The zero-order chi connectivity index (χ0) is 16.4. The van der Waals surface area contributed by atoms with Crippen LogP contribution in [0.1, 0.15) is 23.0 Å². The van der Waals surface area contributed by atoms with Gasteiger partial charge in [0.15, 0.2) is 5.78 Å². The van der Waals surface area contributed by atoms with Crippen LogP contribution < -0.4 is 16.0 Å². The van der Waals surface area contributed by atoms with Crippen molar-refractivity contribution in [3.8, 4) is 5.75 Å². The van der Waals surface area contributed by atoms with Crippen molar-refractivity contribution < 1.29 is 9.53 Å². The van der Waals surface area contributed by atoms with Gasteiger partial charge in [-0.1, -0.05) is 11.6 Å². The van der Waals surface area contributed by atoms with Crippen molar-refractivity contribution in [3.05, 3.63) is 61.4 Å². The van der Waals surface area contributed by atoms with Gasteiger partial charge in [-0.2, -0.15) is 0 Å². The van der Waals surface area contributed by atoms with Crippen LogP contribution in [0.2, 0.25) is 5.02 Å². The molecule has 0 aliphatic rings. The summed E-state index contributed by atoms with van der Waals surface area (Å²) < 4.78 is 7.91. The van der Waals surface area contributed by atoms with Crippen molar-refractivity contribution in [2.45, 2.75) is 13.5 Å². The molecule has 0 unspecified atom stereocenters. The number of carbonyl (C=O) groups is 1. The molecule has 0 fully saturated rings. The van der Waals surface area contributed by atoms with Gasteiger partial charge in [-0.25, -0.2) is 4.79 Å². The highest BCUT2D eigenvalue weighted by atomic mass is 35.5. The van der Waals surface area contributed by atoms with Crippen LogP contribution in [0.15, 0.2) is 33.9 Å². The Balaban J connectivity index is 2.34. The van der Waals surface area contributed by atoms with E-state index in [0.29, 0.717) is 22.0 Å². The van der Waals surface area contributed by atoms with E-state index in [1.54, 1.807) is 19.2 Å². The van der Waals surface area contributed by atoms with E-state index in [-0.39, 0.29) is 12.4 Å². The van der Waals surface area contributed by atoms with Crippen molar-refractivity contribution in [2.75, 3.05) is 0 Å². The van der Waals surface area contributed by atoms with Crippen LogP contribution in [0.25, 0.3) is 0 Å². The average Bonchev–Trinajstić information content (AvgIpc) is 2.48. The second kappa shape index (κ2) is 6.19. The quantitative estimate of drug-likeness (QED) is 0.800. The Bertz CT molecular complexity index is 852. The van der Waals surface area contributed by atoms with E-state index in [0.717, 1.165) is 4.57 Å². The lowest BCUT2D eigenvalue weighted by atomic mass is 10.1. The molecule has 0 saturated carbocycles. The summed E-state index contributed by atoms with van der Waals surface area (Å²) in [7, 11) is 2.95. The van der Waals surface area contributed by atoms with Crippen molar-refractivity contribution in [2.24, 2.45) is 14.1 Å². The minimum atomic E-state index is -0.436. The standard InChI is InChI=1S/C15H15ClN2O4/c1-9(19)12-6-10(16)4-5-13(12)22-8-11-7-14(20)18(3)15(21)17(11)2/h4-7H,8H2,1-3H3. The summed E-state index contributed by atoms with van der Waals surface area (Å²) in [6, 6.07) is 6.03. The third-order valence-corrected chi connectivity index (χ3v) is 3.56. The number of ketones is 1. The topological polar surface area (TPSA) is 70.3 Å². The first-order valence-corrected chi connectivity index (χ1v) is 6.88. The van der Waals surface area contributed by atoms with Gasteiger partial charge < -0.3 is 4.74 Å². The molecule has 2 rings (SSSR count). The summed E-state index contributed by atoms with van der Waals surface area (Å²) in [6.45, 7) is 1.40. The fourth-order valence-electron chi connectivity index (χ4n) is 1.97. The molecule has 2 aromatic rings.